The number of hydrogen-bond acceptors (Lipinski definition) is 3. The van der Waals surface area contributed by atoms with E-state index in [1.807, 2.05) is 26.2 Å². The van der Waals surface area contributed by atoms with Crippen LogP contribution in [-0.4, -0.2) is 33.7 Å². The van der Waals surface area contributed by atoms with E-state index in [2.05, 4.69) is 46.3 Å². The Morgan fingerprint density at radius 3 is 2.20 bits per heavy atom. The van der Waals surface area contributed by atoms with Crippen LogP contribution in [0.1, 0.15) is 55.7 Å². The summed E-state index contributed by atoms with van der Waals surface area (Å²) in [5, 5.41) is 9.84. The second-order valence-electron chi connectivity index (χ2n) is 7.96. The summed E-state index contributed by atoms with van der Waals surface area (Å²) in [6.07, 6.45) is 8.00. The fourth-order valence-electron chi connectivity index (χ4n) is 3.58. The van der Waals surface area contributed by atoms with Gasteiger partial charge in [0, 0.05) is 18.9 Å². The van der Waals surface area contributed by atoms with Crippen LogP contribution in [0.4, 0.5) is 0 Å². The monoisotopic (exact) mass is 338 g/mol. The maximum absolute atomic E-state index is 9.84. The predicted molar refractivity (Wildman–Crippen MR) is 103 cm³/mol. The summed E-state index contributed by atoms with van der Waals surface area (Å²) >= 11 is 0. The molecule has 0 spiro atoms. The molecule has 1 aliphatic rings. The summed E-state index contributed by atoms with van der Waals surface area (Å²) < 4.78 is 0. The van der Waals surface area contributed by atoms with Gasteiger partial charge in [-0.25, -0.2) is 0 Å². The first-order valence-corrected chi connectivity index (χ1v) is 9.42. The van der Waals surface area contributed by atoms with E-state index in [-0.39, 0.29) is 0 Å². The van der Waals surface area contributed by atoms with Crippen LogP contribution < -0.4 is 0 Å². The second-order valence-corrected chi connectivity index (χ2v) is 7.96. The molecule has 1 fully saturated rings. The van der Waals surface area contributed by atoms with E-state index >= 15 is 0 Å². The van der Waals surface area contributed by atoms with Gasteiger partial charge in [0.15, 0.2) is 0 Å². The first-order chi connectivity index (χ1) is 12.0. The molecule has 1 aromatic heterocycles. The topological polar surface area (TPSA) is 36.4 Å². The number of pyridine rings is 1. The summed E-state index contributed by atoms with van der Waals surface area (Å²) in [6, 6.07) is 13.2. The molecular weight excluding hydrogens is 308 g/mol. The van der Waals surface area contributed by atoms with Crippen molar-refractivity contribution in [3.63, 3.8) is 0 Å². The van der Waals surface area contributed by atoms with Crippen molar-refractivity contribution in [3.8, 4) is 0 Å². The van der Waals surface area contributed by atoms with Crippen LogP contribution in [0.25, 0.3) is 0 Å². The predicted octanol–water partition coefficient (Wildman–Crippen LogP) is 4.16. The van der Waals surface area contributed by atoms with Crippen molar-refractivity contribution in [1.29, 1.82) is 0 Å². The standard InChI is InChI=1S/C22H30N2O/c1-22(2,25)12-7-18-3-5-19(6-4-18)17-24-15-10-21(11-16-24)20-8-13-23-14-9-20/h3-6,8-9,13-14,21,25H,7,10-12,15-17H2,1-2H3. The van der Waals surface area contributed by atoms with Crippen LogP contribution in [0.5, 0.6) is 0 Å². The van der Waals surface area contributed by atoms with E-state index in [1.165, 1.54) is 29.5 Å². The van der Waals surface area contributed by atoms with Crippen molar-refractivity contribution in [2.24, 2.45) is 0 Å². The van der Waals surface area contributed by atoms with Gasteiger partial charge in [-0.15, -0.1) is 0 Å². The number of piperidine rings is 1. The van der Waals surface area contributed by atoms with Crippen LogP contribution in [0, 0.1) is 0 Å². The van der Waals surface area contributed by atoms with Crippen LogP contribution in [0.15, 0.2) is 48.8 Å². The quantitative estimate of drug-likeness (QED) is 0.859. The number of aryl methyl sites for hydroxylation is 1. The Labute approximate surface area is 151 Å². The smallest absolute Gasteiger partial charge is 0.0594 e. The third-order valence-electron chi connectivity index (χ3n) is 5.22. The largest absolute Gasteiger partial charge is 0.390 e. The van der Waals surface area contributed by atoms with Gasteiger partial charge in [-0.05, 0) is 87.4 Å². The van der Waals surface area contributed by atoms with E-state index < -0.39 is 5.60 Å². The molecular formula is C22H30N2O. The number of aliphatic hydroxyl groups is 1. The lowest BCUT2D eigenvalue weighted by molar-refractivity contribution is 0.0714. The summed E-state index contributed by atoms with van der Waals surface area (Å²) in [5.74, 6) is 0.684. The summed E-state index contributed by atoms with van der Waals surface area (Å²) in [7, 11) is 0. The molecule has 3 rings (SSSR count). The van der Waals surface area contributed by atoms with E-state index in [1.54, 1.807) is 0 Å². The fourth-order valence-corrected chi connectivity index (χ4v) is 3.58. The molecule has 0 aliphatic carbocycles. The normalized spacial score (nSPS) is 16.9. The number of aromatic nitrogens is 1. The van der Waals surface area contributed by atoms with Gasteiger partial charge in [0.25, 0.3) is 0 Å². The SMILES string of the molecule is CC(C)(O)CCc1ccc(CN2CCC(c3ccncc3)CC2)cc1. The lowest BCUT2D eigenvalue weighted by Crippen LogP contribution is -2.32. The van der Waals surface area contributed by atoms with Crippen molar-refractivity contribution in [2.75, 3.05) is 13.1 Å². The van der Waals surface area contributed by atoms with Gasteiger partial charge in [-0.2, -0.15) is 0 Å². The molecule has 1 aromatic carbocycles. The Bertz CT molecular complexity index is 638. The lowest BCUT2D eigenvalue weighted by atomic mass is 9.90. The highest BCUT2D eigenvalue weighted by molar-refractivity contribution is 5.23. The number of nitrogens with zero attached hydrogens (tertiary/aromatic N) is 2. The molecule has 0 unspecified atom stereocenters. The Morgan fingerprint density at radius 2 is 1.60 bits per heavy atom. The average Bonchev–Trinajstić information content (AvgIpc) is 2.62. The molecule has 0 bridgehead atoms. The minimum Gasteiger partial charge on any atom is -0.390 e. The third kappa shape index (κ3) is 5.65. The molecule has 3 heteroatoms. The molecule has 25 heavy (non-hydrogen) atoms. The molecule has 2 heterocycles. The number of rotatable bonds is 6. The molecule has 1 aliphatic heterocycles. The molecule has 2 aromatic rings. The summed E-state index contributed by atoms with van der Waals surface area (Å²) in [6.45, 7) is 7.10. The lowest BCUT2D eigenvalue weighted by Gasteiger charge is -2.32. The maximum Gasteiger partial charge on any atom is 0.0594 e. The average molecular weight is 338 g/mol. The van der Waals surface area contributed by atoms with Crippen molar-refractivity contribution in [3.05, 3.63) is 65.5 Å². The van der Waals surface area contributed by atoms with Crippen LogP contribution in [-0.2, 0) is 13.0 Å². The molecule has 0 saturated carbocycles. The summed E-state index contributed by atoms with van der Waals surface area (Å²) in [5.41, 5.74) is 3.54. The maximum atomic E-state index is 9.84. The molecule has 1 saturated heterocycles. The highest BCUT2D eigenvalue weighted by Gasteiger charge is 2.20. The van der Waals surface area contributed by atoms with Gasteiger partial charge in [-0.1, -0.05) is 24.3 Å². The molecule has 0 amide bonds. The Balaban J connectivity index is 1.47. The van der Waals surface area contributed by atoms with Gasteiger partial charge in [0.1, 0.15) is 0 Å². The van der Waals surface area contributed by atoms with Crippen molar-refractivity contribution in [2.45, 2.75) is 57.6 Å². The number of hydrogen-bond donors (Lipinski definition) is 1. The van der Waals surface area contributed by atoms with Crippen molar-refractivity contribution in [1.82, 2.24) is 9.88 Å². The zero-order valence-corrected chi connectivity index (χ0v) is 15.5. The molecule has 0 atom stereocenters. The first-order valence-electron chi connectivity index (χ1n) is 9.42. The van der Waals surface area contributed by atoms with Crippen LogP contribution >= 0.6 is 0 Å². The third-order valence-corrected chi connectivity index (χ3v) is 5.22. The van der Waals surface area contributed by atoms with Crippen LogP contribution in [0.2, 0.25) is 0 Å². The molecule has 0 radical (unpaired) electrons. The second kappa shape index (κ2) is 8.11. The highest BCUT2D eigenvalue weighted by Crippen LogP contribution is 2.28. The zero-order chi connectivity index (χ0) is 17.7. The van der Waals surface area contributed by atoms with E-state index in [0.29, 0.717) is 5.92 Å². The minimum atomic E-state index is -0.585. The fraction of sp³-hybridized carbons (Fsp3) is 0.500. The van der Waals surface area contributed by atoms with Gasteiger partial charge in [-0.3, -0.25) is 9.88 Å². The zero-order valence-electron chi connectivity index (χ0n) is 15.5. The Morgan fingerprint density at radius 1 is 1.00 bits per heavy atom. The van der Waals surface area contributed by atoms with Crippen molar-refractivity contribution >= 4 is 0 Å². The van der Waals surface area contributed by atoms with Crippen LogP contribution in [0.3, 0.4) is 0 Å². The summed E-state index contributed by atoms with van der Waals surface area (Å²) in [4.78, 5) is 6.68. The Kier molecular flexibility index (Phi) is 5.87. The van der Waals surface area contributed by atoms with E-state index in [0.717, 1.165) is 32.5 Å². The van der Waals surface area contributed by atoms with Gasteiger partial charge >= 0.3 is 0 Å². The molecule has 3 nitrogen and oxygen atoms in total. The van der Waals surface area contributed by atoms with E-state index in [9.17, 15) is 5.11 Å². The molecule has 134 valence electrons. The first kappa shape index (κ1) is 18.1. The Hall–Kier alpha value is -1.71. The molecule has 1 N–H and O–H groups in total. The van der Waals surface area contributed by atoms with E-state index in [4.69, 9.17) is 0 Å². The minimum absolute atomic E-state index is 0.585. The van der Waals surface area contributed by atoms with Gasteiger partial charge in [0.2, 0.25) is 0 Å². The van der Waals surface area contributed by atoms with Gasteiger partial charge < -0.3 is 5.11 Å². The number of likely N-dealkylation sites (tertiary alicyclic amines) is 1. The van der Waals surface area contributed by atoms with Crippen molar-refractivity contribution < 1.29 is 5.11 Å². The highest BCUT2D eigenvalue weighted by atomic mass is 16.3. The number of benzene rings is 1. The van der Waals surface area contributed by atoms with Gasteiger partial charge in [0.05, 0.1) is 5.60 Å².